The molecule has 0 spiro atoms. The first-order valence-electron chi connectivity index (χ1n) is 7.91. The lowest BCUT2D eigenvalue weighted by molar-refractivity contribution is 0.0939. The molecule has 0 bridgehead atoms. The molecular formula is C18H19NO5S. The van der Waals surface area contributed by atoms with Gasteiger partial charge in [0.05, 0.1) is 10.9 Å². The molecule has 2 aromatic carbocycles. The lowest BCUT2D eigenvalue weighted by Gasteiger charge is -2.17. The van der Waals surface area contributed by atoms with Gasteiger partial charge in [-0.05, 0) is 31.0 Å². The number of hydrogen-bond donors (Lipinski definition) is 1. The molecule has 1 aliphatic rings. The van der Waals surface area contributed by atoms with Crippen LogP contribution in [0.1, 0.15) is 11.1 Å². The molecule has 2 atom stereocenters. The fourth-order valence-corrected chi connectivity index (χ4v) is 3.55. The number of carbonyl (C=O) groups is 1. The van der Waals surface area contributed by atoms with E-state index in [1.165, 1.54) is 12.1 Å². The largest absolute Gasteiger partial charge is 0.442 e. The van der Waals surface area contributed by atoms with Crippen LogP contribution in [0, 0.1) is 6.92 Å². The van der Waals surface area contributed by atoms with Crippen LogP contribution in [0.25, 0.3) is 0 Å². The van der Waals surface area contributed by atoms with Crippen LogP contribution >= 0.6 is 0 Å². The summed E-state index contributed by atoms with van der Waals surface area (Å²) in [5.74, 6) is 0. The minimum Gasteiger partial charge on any atom is -0.442 e. The van der Waals surface area contributed by atoms with Gasteiger partial charge in [0.25, 0.3) is 10.1 Å². The van der Waals surface area contributed by atoms with E-state index in [-0.39, 0.29) is 17.5 Å². The minimum atomic E-state index is -3.90. The Morgan fingerprint density at radius 3 is 2.44 bits per heavy atom. The first-order chi connectivity index (χ1) is 11.9. The third-order valence-electron chi connectivity index (χ3n) is 4.01. The third kappa shape index (κ3) is 4.37. The van der Waals surface area contributed by atoms with E-state index in [0.29, 0.717) is 6.42 Å². The molecular weight excluding hydrogens is 342 g/mol. The molecule has 0 aromatic heterocycles. The summed E-state index contributed by atoms with van der Waals surface area (Å²) in [4.78, 5) is 11.6. The Balaban J connectivity index is 1.66. The van der Waals surface area contributed by atoms with E-state index in [1.807, 2.05) is 37.3 Å². The number of nitrogens with one attached hydrogen (secondary N) is 1. The van der Waals surface area contributed by atoms with Crippen molar-refractivity contribution in [3.63, 3.8) is 0 Å². The van der Waals surface area contributed by atoms with E-state index >= 15 is 0 Å². The molecule has 1 fully saturated rings. The molecule has 0 radical (unpaired) electrons. The zero-order chi connectivity index (χ0) is 17.9. The highest BCUT2D eigenvalue weighted by atomic mass is 32.2. The van der Waals surface area contributed by atoms with Crippen LogP contribution < -0.4 is 5.32 Å². The molecule has 1 amide bonds. The van der Waals surface area contributed by atoms with Crippen LogP contribution in [0.5, 0.6) is 0 Å². The van der Waals surface area contributed by atoms with Gasteiger partial charge >= 0.3 is 6.09 Å². The van der Waals surface area contributed by atoms with Crippen LogP contribution in [-0.4, -0.2) is 33.3 Å². The maximum Gasteiger partial charge on any atom is 0.407 e. The molecule has 25 heavy (non-hydrogen) atoms. The van der Waals surface area contributed by atoms with Crippen molar-refractivity contribution in [2.75, 3.05) is 6.61 Å². The molecule has 2 aromatic rings. The second-order valence-electron chi connectivity index (χ2n) is 5.94. The van der Waals surface area contributed by atoms with Crippen LogP contribution in [-0.2, 0) is 25.5 Å². The van der Waals surface area contributed by atoms with Crippen LogP contribution in [0.15, 0.2) is 59.5 Å². The predicted molar refractivity (Wildman–Crippen MR) is 91.7 cm³/mol. The van der Waals surface area contributed by atoms with Gasteiger partial charge in [-0.15, -0.1) is 0 Å². The average molecular weight is 361 g/mol. The average Bonchev–Trinajstić information content (AvgIpc) is 2.94. The van der Waals surface area contributed by atoms with Gasteiger partial charge in [0.1, 0.15) is 12.7 Å². The molecule has 1 heterocycles. The summed E-state index contributed by atoms with van der Waals surface area (Å²) in [5, 5.41) is 2.70. The Morgan fingerprint density at radius 1 is 1.08 bits per heavy atom. The minimum absolute atomic E-state index is 0.0787. The van der Waals surface area contributed by atoms with Gasteiger partial charge in [-0.2, -0.15) is 8.42 Å². The van der Waals surface area contributed by atoms with Crippen molar-refractivity contribution in [2.24, 2.45) is 0 Å². The van der Waals surface area contributed by atoms with Gasteiger partial charge < -0.3 is 10.1 Å². The number of hydrogen-bond acceptors (Lipinski definition) is 5. The molecule has 7 heteroatoms. The Hall–Kier alpha value is -2.38. The van der Waals surface area contributed by atoms with Crippen LogP contribution in [0.3, 0.4) is 0 Å². The number of cyclic esters (lactones) is 1. The lowest BCUT2D eigenvalue weighted by Crippen LogP contribution is -2.36. The van der Waals surface area contributed by atoms with E-state index in [1.54, 1.807) is 12.1 Å². The topological polar surface area (TPSA) is 81.7 Å². The number of amides is 1. The molecule has 0 unspecified atom stereocenters. The van der Waals surface area contributed by atoms with Gasteiger partial charge in [-0.3, -0.25) is 4.18 Å². The molecule has 1 N–H and O–H groups in total. The van der Waals surface area contributed by atoms with Crippen molar-refractivity contribution in [3.05, 3.63) is 65.7 Å². The monoisotopic (exact) mass is 361 g/mol. The molecule has 6 nitrogen and oxygen atoms in total. The molecule has 132 valence electrons. The van der Waals surface area contributed by atoms with E-state index in [9.17, 15) is 13.2 Å². The summed E-state index contributed by atoms with van der Waals surface area (Å²) in [6.07, 6.45) is -0.708. The van der Waals surface area contributed by atoms with Gasteiger partial charge in [0.2, 0.25) is 0 Å². The van der Waals surface area contributed by atoms with E-state index in [4.69, 9.17) is 8.92 Å². The van der Waals surface area contributed by atoms with Gasteiger partial charge in [-0.25, -0.2) is 4.79 Å². The van der Waals surface area contributed by atoms with E-state index in [0.717, 1.165) is 11.1 Å². The zero-order valence-electron chi connectivity index (χ0n) is 13.7. The number of alkyl carbamates (subject to hydrolysis) is 1. The van der Waals surface area contributed by atoms with Gasteiger partial charge in [-0.1, -0.05) is 48.0 Å². The quantitative estimate of drug-likeness (QED) is 0.799. The molecule has 1 saturated heterocycles. The summed E-state index contributed by atoms with van der Waals surface area (Å²) in [6, 6.07) is 15.6. The lowest BCUT2D eigenvalue weighted by atomic mass is 10.0. The SMILES string of the molecule is Cc1ccc(S(=O)(=O)OC[C@H]2OC(=O)N[C@H]2Cc2ccccc2)cc1. The highest BCUT2D eigenvalue weighted by molar-refractivity contribution is 7.86. The van der Waals surface area contributed by atoms with Crippen LogP contribution in [0.4, 0.5) is 4.79 Å². The van der Waals surface area contributed by atoms with Crippen molar-refractivity contribution < 1.29 is 22.1 Å². The number of aryl methyl sites for hydroxylation is 1. The Labute approximate surface area is 146 Å². The zero-order valence-corrected chi connectivity index (χ0v) is 14.5. The summed E-state index contributed by atoms with van der Waals surface area (Å²) >= 11 is 0. The fourth-order valence-electron chi connectivity index (χ4n) is 2.63. The second-order valence-corrected chi connectivity index (χ2v) is 7.55. The highest BCUT2D eigenvalue weighted by Gasteiger charge is 2.35. The van der Waals surface area contributed by atoms with Crippen molar-refractivity contribution in [1.29, 1.82) is 0 Å². The first kappa shape index (κ1) is 17.4. The summed E-state index contributed by atoms with van der Waals surface area (Å²) in [6.45, 7) is 1.64. The predicted octanol–water partition coefficient (Wildman–Crippen LogP) is 2.42. The number of rotatable bonds is 6. The molecule has 3 rings (SSSR count). The molecule has 1 aliphatic heterocycles. The number of carbonyl (C=O) groups excluding carboxylic acids is 1. The molecule has 0 aliphatic carbocycles. The van der Waals surface area contributed by atoms with Gasteiger partial charge in [0.15, 0.2) is 0 Å². The molecule has 0 saturated carbocycles. The van der Waals surface area contributed by atoms with E-state index < -0.39 is 22.3 Å². The third-order valence-corrected chi connectivity index (χ3v) is 5.30. The Bertz CT molecular complexity index is 834. The van der Waals surface area contributed by atoms with Crippen molar-refractivity contribution in [3.8, 4) is 0 Å². The fraction of sp³-hybridized carbons (Fsp3) is 0.278. The smallest absolute Gasteiger partial charge is 0.407 e. The number of ether oxygens (including phenoxy) is 1. The Kier molecular flexibility index (Phi) is 5.06. The standard InChI is InChI=1S/C18H19NO5S/c1-13-7-9-15(10-8-13)25(21,22)23-12-17-16(19-18(20)24-17)11-14-5-3-2-4-6-14/h2-10,16-17H,11-12H2,1H3,(H,19,20)/t16-,17+/m0/s1. The number of benzene rings is 2. The first-order valence-corrected chi connectivity index (χ1v) is 9.32. The highest BCUT2D eigenvalue weighted by Crippen LogP contribution is 2.18. The van der Waals surface area contributed by atoms with Crippen molar-refractivity contribution in [1.82, 2.24) is 5.32 Å². The van der Waals surface area contributed by atoms with E-state index in [2.05, 4.69) is 5.32 Å². The van der Waals surface area contributed by atoms with Crippen molar-refractivity contribution in [2.45, 2.75) is 30.4 Å². The maximum atomic E-state index is 12.3. The Morgan fingerprint density at radius 2 is 1.76 bits per heavy atom. The summed E-state index contributed by atoms with van der Waals surface area (Å²) < 4.78 is 34.8. The summed E-state index contributed by atoms with van der Waals surface area (Å²) in [7, 11) is -3.90. The van der Waals surface area contributed by atoms with Crippen molar-refractivity contribution >= 4 is 16.2 Å². The van der Waals surface area contributed by atoms with Crippen LogP contribution in [0.2, 0.25) is 0 Å². The summed E-state index contributed by atoms with van der Waals surface area (Å²) in [5.41, 5.74) is 1.97. The second kappa shape index (κ2) is 7.25. The maximum absolute atomic E-state index is 12.3. The van der Waals surface area contributed by atoms with Gasteiger partial charge in [0, 0.05) is 0 Å². The normalized spacial score (nSPS) is 20.1.